The molecule has 0 radical (unpaired) electrons. The number of carbonyl (C=O) groups excluding carboxylic acids is 2. The van der Waals surface area contributed by atoms with Crippen LogP contribution in [0.4, 0.5) is 5.69 Å². The van der Waals surface area contributed by atoms with Crippen LogP contribution in [0.5, 0.6) is 0 Å². The molecule has 1 unspecified atom stereocenters. The molecule has 1 atom stereocenters. The van der Waals surface area contributed by atoms with Crippen LogP contribution >= 0.6 is 11.6 Å². The monoisotopic (exact) mass is 401 g/mol. The molecule has 0 saturated carbocycles. The molecule has 1 fully saturated rings. The van der Waals surface area contributed by atoms with Crippen molar-refractivity contribution in [2.75, 3.05) is 39.0 Å². The van der Waals surface area contributed by atoms with E-state index in [0.717, 1.165) is 6.42 Å². The van der Waals surface area contributed by atoms with E-state index >= 15 is 0 Å². The fraction of sp³-hybridized carbons (Fsp3) is 0.400. The molecule has 1 aromatic carbocycles. The summed E-state index contributed by atoms with van der Waals surface area (Å²) in [5.74, 6) is 0.627. The van der Waals surface area contributed by atoms with Gasteiger partial charge in [0.25, 0.3) is 5.91 Å². The largest absolute Gasteiger partial charge is 0.341 e. The number of hydrogen-bond acceptors (Lipinski definition) is 5. The molecular weight excluding hydrogens is 378 g/mol. The second-order valence-electron chi connectivity index (χ2n) is 7.25. The number of benzene rings is 1. The SMILES string of the molecule is Cc1nc(C2CCN(C(=O)CN(C)C)C2)ncc1C(=O)Nc1ccc(Cl)cc1. The highest BCUT2D eigenvalue weighted by molar-refractivity contribution is 6.30. The number of aromatic nitrogens is 2. The quantitative estimate of drug-likeness (QED) is 0.833. The van der Waals surface area contributed by atoms with Crippen LogP contribution in [0, 0.1) is 6.92 Å². The van der Waals surface area contributed by atoms with Crippen LogP contribution < -0.4 is 5.32 Å². The minimum atomic E-state index is -0.263. The summed E-state index contributed by atoms with van der Waals surface area (Å²) in [6.45, 7) is 3.52. The van der Waals surface area contributed by atoms with Crippen molar-refractivity contribution in [3.8, 4) is 0 Å². The van der Waals surface area contributed by atoms with E-state index in [1.165, 1.54) is 0 Å². The number of hydrogen-bond donors (Lipinski definition) is 1. The van der Waals surface area contributed by atoms with E-state index in [-0.39, 0.29) is 17.7 Å². The number of likely N-dealkylation sites (N-methyl/N-ethyl adjacent to an activating group) is 1. The standard InChI is InChI=1S/C20H24ClN5O2/c1-13-17(20(28)24-16-6-4-15(21)5-7-16)10-22-19(23-13)14-8-9-26(11-14)18(27)12-25(2)3/h4-7,10,14H,8-9,11-12H2,1-3H3,(H,24,28). The summed E-state index contributed by atoms with van der Waals surface area (Å²) in [4.78, 5) is 37.4. The van der Waals surface area contributed by atoms with Crippen molar-refractivity contribution in [2.24, 2.45) is 0 Å². The van der Waals surface area contributed by atoms with Crippen molar-refractivity contribution in [2.45, 2.75) is 19.3 Å². The van der Waals surface area contributed by atoms with Crippen LogP contribution in [0.15, 0.2) is 30.5 Å². The van der Waals surface area contributed by atoms with E-state index in [1.807, 2.05) is 23.9 Å². The molecule has 3 rings (SSSR count). The first-order valence-corrected chi connectivity index (χ1v) is 9.54. The van der Waals surface area contributed by atoms with Crippen LogP contribution in [0.25, 0.3) is 0 Å². The van der Waals surface area contributed by atoms with Crippen molar-refractivity contribution < 1.29 is 9.59 Å². The van der Waals surface area contributed by atoms with Gasteiger partial charge in [0, 0.05) is 35.9 Å². The lowest BCUT2D eigenvalue weighted by molar-refractivity contribution is -0.130. The van der Waals surface area contributed by atoms with Gasteiger partial charge < -0.3 is 15.1 Å². The van der Waals surface area contributed by atoms with Gasteiger partial charge in [-0.3, -0.25) is 9.59 Å². The molecule has 7 nitrogen and oxygen atoms in total. The van der Waals surface area contributed by atoms with Gasteiger partial charge in [-0.15, -0.1) is 0 Å². The number of nitrogens with one attached hydrogen (secondary N) is 1. The van der Waals surface area contributed by atoms with E-state index < -0.39 is 0 Å². The molecule has 1 aliphatic rings. The summed E-state index contributed by atoms with van der Waals surface area (Å²) in [5.41, 5.74) is 1.70. The third kappa shape index (κ3) is 4.85. The van der Waals surface area contributed by atoms with Gasteiger partial charge in [0.1, 0.15) is 5.82 Å². The molecule has 148 valence electrons. The van der Waals surface area contributed by atoms with Crippen molar-refractivity contribution in [3.05, 3.63) is 52.6 Å². The zero-order valence-electron chi connectivity index (χ0n) is 16.3. The molecule has 0 aliphatic carbocycles. The zero-order valence-corrected chi connectivity index (χ0v) is 17.0. The van der Waals surface area contributed by atoms with E-state index in [4.69, 9.17) is 11.6 Å². The molecule has 0 bridgehead atoms. The number of aryl methyl sites for hydroxylation is 1. The number of rotatable bonds is 5. The molecular formula is C20H24ClN5O2. The van der Waals surface area contributed by atoms with Crippen molar-refractivity contribution in [1.82, 2.24) is 19.8 Å². The Kier molecular flexibility index (Phi) is 6.26. The smallest absolute Gasteiger partial charge is 0.259 e. The summed E-state index contributed by atoms with van der Waals surface area (Å²) in [5, 5.41) is 3.43. The predicted octanol–water partition coefficient (Wildman–Crippen LogP) is 2.57. The predicted molar refractivity (Wildman–Crippen MR) is 109 cm³/mol. The summed E-state index contributed by atoms with van der Waals surface area (Å²) in [7, 11) is 3.76. The summed E-state index contributed by atoms with van der Waals surface area (Å²) < 4.78 is 0. The topological polar surface area (TPSA) is 78.4 Å². The maximum absolute atomic E-state index is 12.5. The number of anilines is 1. The average molecular weight is 402 g/mol. The first kappa shape index (κ1) is 20.2. The fourth-order valence-corrected chi connectivity index (χ4v) is 3.33. The van der Waals surface area contributed by atoms with Crippen LogP contribution in [0.2, 0.25) is 5.02 Å². The summed E-state index contributed by atoms with van der Waals surface area (Å²) in [6.07, 6.45) is 2.39. The molecule has 2 amide bonds. The molecule has 1 saturated heterocycles. The summed E-state index contributed by atoms with van der Waals surface area (Å²) >= 11 is 5.86. The average Bonchev–Trinajstić information content (AvgIpc) is 3.13. The Bertz CT molecular complexity index is 869. The Morgan fingerprint density at radius 3 is 2.64 bits per heavy atom. The first-order chi connectivity index (χ1) is 13.3. The maximum atomic E-state index is 12.5. The Hall–Kier alpha value is -2.51. The van der Waals surface area contributed by atoms with Gasteiger partial charge in [0.05, 0.1) is 17.8 Å². The lowest BCUT2D eigenvalue weighted by Gasteiger charge is -2.19. The number of halogens is 1. The van der Waals surface area contributed by atoms with Gasteiger partial charge in [0.15, 0.2) is 0 Å². The highest BCUT2D eigenvalue weighted by Gasteiger charge is 2.29. The molecule has 2 aromatic rings. The Labute approximate surface area is 169 Å². The van der Waals surface area contributed by atoms with Crippen LogP contribution in [0.1, 0.15) is 34.2 Å². The van der Waals surface area contributed by atoms with Gasteiger partial charge in [0.2, 0.25) is 5.91 Å². The van der Waals surface area contributed by atoms with Crippen molar-refractivity contribution in [3.63, 3.8) is 0 Å². The Balaban J connectivity index is 1.66. The lowest BCUT2D eigenvalue weighted by Crippen LogP contribution is -2.36. The molecule has 8 heteroatoms. The van der Waals surface area contributed by atoms with Crippen LogP contribution in [-0.4, -0.2) is 65.3 Å². The van der Waals surface area contributed by atoms with Gasteiger partial charge in [-0.2, -0.15) is 0 Å². The van der Waals surface area contributed by atoms with E-state index in [9.17, 15) is 9.59 Å². The Morgan fingerprint density at radius 2 is 2.00 bits per heavy atom. The van der Waals surface area contributed by atoms with Crippen molar-refractivity contribution in [1.29, 1.82) is 0 Å². The van der Waals surface area contributed by atoms with Crippen LogP contribution in [-0.2, 0) is 4.79 Å². The summed E-state index contributed by atoms with van der Waals surface area (Å²) in [6, 6.07) is 6.91. The van der Waals surface area contributed by atoms with Gasteiger partial charge in [-0.25, -0.2) is 9.97 Å². The zero-order chi connectivity index (χ0) is 20.3. The van der Waals surface area contributed by atoms with Gasteiger partial charge in [-0.05, 0) is 51.7 Å². The number of amides is 2. The van der Waals surface area contributed by atoms with Gasteiger partial charge >= 0.3 is 0 Å². The number of likely N-dealkylation sites (tertiary alicyclic amines) is 1. The third-order valence-electron chi connectivity index (χ3n) is 4.70. The Morgan fingerprint density at radius 1 is 1.29 bits per heavy atom. The minimum absolute atomic E-state index is 0.0955. The first-order valence-electron chi connectivity index (χ1n) is 9.16. The van der Waals surface area contributed by atoms with E-state index in [2.05, 4.69) is 15.3 Å². The fourth-order valence-electron chi connectivity index (χ4n) is 3.20. The number of carbonyl (C=O) groups is 2. The molecule has 28 heavy (non-hydrogen) atoms. The third-order valence-corrected chi connectivity index (χ3v) is 4.95. The molecule has 0 spiro atoms. The highest BCUT2D eigenvalue weighted by atomic mass is 35.5. The highest BCUT2D eigenvalue weighted by Crippen LogP contribution is 2.25. The molecule has 1 aliphatic heterocycles. The molecule has 1 N–H and O–H groups in total. The molecule has 1 aromatic heterocycles. The second-order valence-corrected chi connectivity index (χ2v) is 7.69. The minimum Gasteiger partial charge on any atom is -0.341 e. The van der Waals surface area contributed by atoms with Crippen molar-refractivity contribution >= 4 is 29.1 Å². The molecule has 2 heterocycles. The second kappa shape index (κ2) is 8.67. The van der Waals surface area contributed by atoms with Gasteiger partial charge in [-0.1, -0.05) is 11.6 Å². The lowest BCUT2D eigenvalue weighted by atomic mass is 10.1. The normalized spacial score (nSPS) is 16.5. The van der Waals surface area contributed by atoms with Crippen LogP contribution in [0.3, 0.4) is 0 Å². The maximum Gasteiger partial charge on any atom is 0.259 e. The van der Waals surface area contributed by atoms with E-state index in [1.54, 1.807) is 37.4 Å². The number of nitrogens with zero attached hydrogens (tertiary/aromatic N) is 4. The van der Waals surface area contributed by atoms with E-state index in [0.29, 0.717) is 47.4 Å².